The van der Waals surface area contributed by atoms with E-state index < -0.39 is 0 Å². The molecule has 4 rings (SSSR count). The molecule has 0 radical (unpaired) electrons. The summed E-state index contributed by atoms with van der Waals surface area (Å²) >= 11 is 0. The van der Waals surface area contributed by atoms with Crippen LogP contribution in [0.15, 0.2) is 34.9 Å². The highest BCUT2D eigenvalue weighted by Crippen LogP contribution is 2.39. The van der Waals surface area contributed by atoms with Gasteiger partial charge in [-0.1, -0.05) is 26.8 Å². The maximum absolute atomic E-state index is 6.34. The fraction of sp³-hybridized carbons (Fsp3) is 0.409. The number of hydrogen-bond acceptors (Lipinski definition) is 2. The van der Waals surface area contributed by atoms with Gasteiger partial charge in [-0.2, -0.15) is 0 Å². The topological polar surface area (TPSA) is 26.0 Å². The van der Waals surface area contributed by atoms with Crippen molar-refractivity contribution in [1.29, 1.82) is 0 Å². The molecule has 0 spiro atoms. The molecule has 0 saturated heterocycles. The van der Waals surface area contributed by atoms with Crippen molar-refractivity contribution in [2.45, 2.75) is 58.8 Å². The molecule has 124 valence electrons. The quantitative estimate of drug-likeness (QED) is 0.551. The van der Waals surface area contributed by atoms with E-state index >= 15 is 0 Å². The van der Waals surface area contributed by atoms with Crippen LogP contribution in [0.5, 0.6) is 0 Å². The molecule has 2 aromatic heterocycles. The highest BCUT2D eigenvalue weighted by molar-refractivity contribution is 5.96. The van der Waals surface area contributed by atoms with Gasteiger partial charge in [-0.15, -0.1) is 0 Å². The van der Waals surface area contributed by atoms with Gasteiger partial charge in [0.25, 0.3) is 0 Å². The van der Waals surface area contributed by atoms with Gasteiger partial charge in [0, 0.05) is 29.1 Å². The molecule has 2 heteroatoms. The lowest BCUT2D eigenvalue weighted by molar-refractivity contribution is 0.506. The number of fused-ring (bicyclic) bond motifs is 3. The highest BCUT2D eigenvalue weighted by atomic mass is 16.3. The van der Waals surface area contributed by atoms with Gasteiger partial charge >= 0.3 is 0 Å². The molecule has 0 bridgehead atoms. The van der Waals surface area contributed by atoms with Gasteiger partial charge in [-0.25, -0.2) is 0 Å². The average Bonchev–Trinajstić information content (AvgIpc) is 2.95. The molecule has 0 aliphatic heterocycles. The highest BCUT2D eigenvalue weighted by Gasteiger charge is 2.22. The molecular formula is C22H25NO. The first-order valence-electron chi connectivity index (χ1n) is 8.96. The van der Waals surface area contributed by atoms with Crippen LogP contribution in [-0.2, 0) is 18.3 Å². The molecule has 1 aliphatic carbocycles. The molecule has 1 aromatic carbocycles. The van der Waals surface area contributed by atoms with Crippen molar-refractivity contribution in [1.82, 2.24) is 4.98 Å². The predicted octanol–water partition coefficient (Wildman–Crippen LogP) is 5.98. The predicted molar refractivity (Wildman–Crippen MR) is 99.5 cm³/mol. The van der Waals surface area contributed by atoms with Crippen molar-refractivity contribution < 1.29 is 4.42 Å². The number of pyridine rings is 1. The standard InChI is InChI=1S/C22H25NO/c1-14-9-10-16(18-13-15(11-12-23-18)22(2,3)4)21-20(14)17-7-5-6-8-19(17)24-21/h9-13H,5-8H2,1-4H3. The summed E-state index contributed by atoms with van der Waals surface area (Å²) in [6.45, 7) is 8.91. The second kappa shape index (κ2) is 5.47. The largest absolute Gasteiger partial charge is 0.460 e. The number of furan rings is 1. The summed E-state index contributed by atoms with van der Waals surface area (Å²) in [5.41, 5.74) is 7.33. The molecule has 24 heavy (non-hydrogen) atoms. The minimum atomic E-state index is 0.115. The Kier molecular flexibility index (Phi) is 3.52. The van der Waals surface area contributed by atoms with Crippen molar-refractivity contribution in [2.75, 3.05) is 0 Å². The monoisotopic (exact) mass is 319 g/mol. The van der Waals surface area contributed by atoms with Crippen molar-refractivity contribution in [3.8, 4) is 11.3 Å². The maximum Gasteiger partial charge on any atom is 0.144 e. The smallest absolute Gasteiger partial charge is 0.144 e. The lowest BCUT2D eigenvalue weighted by atomic mass is 9.86. The fourth-order valence-electron chi connectivity index (χ4n) is 3.79. The molecule has 0 unspecified atom stereocenters. The number of aromatic nitrogens is 1. The van der Waals surface area contributed by atoms with E-state index in [2.05, 4.69) is 56.9 Å². The molecule has 1 aliphatic rings. The Morgan fingerprint density at radius 1 is 1.04 bits per heavy atom. The third kappa shape index (κ3) is 2.45. The van der Waals surface area contributed by atoms with Crippen LogP contribution in [0, 0.1) is 6.92 Å². The van der Waals surface area contributed by atoms with Crippen LogP contribution in [-0.4, -0.2) is 4.98 Å². The molecule has 0 saturated carbocycles. The number of nitrogens with zero attached hydrogens (tertiary/aromatic N) is 1. The summed E-state index contributed by atoms with van der Waals surface area (Å²) < 4.78 is 6.34. The van der Waals surface area contributed by atoms with E-state index in [1.165, 1.54) is 40.7 Å². The summed E-state index contributed by atoms with van der Waals surface area (Å²) in [6, 6.07) is 8.71. The Hall–Kier alpha value is -2.09. The molecular weight excluding hydrogens is 294 g/mol. The van der Waals surface area contributed by atoms with E-state index in [0.717, 1.165) is 29.7 Å². The third-order valence-electron chi connectivity index (χ3n) is 5.21. The SMILES string of the molecule is Cc1ccc(-c2cc(C(C)(C)C)ccn2)c2oc3c(c12)CCCC3. The van der Waals surface area contributed by atoms with Crippen LogP contribution >= 0.6 is 0 Å². The van der Waals surface area contributed by atoms with Gasteiger partial charge in [0.15, 0.2) is 0 Å². The normalized spacial score (nSPS) is 14.8. The van der Waals surface area contributed by atoms with Gasteiger partial charge in [0.2, 0.25) is 0 Å². The lowest BCUT2D eigenvalue weighted by Gasteiger charge is -2.19. The lowest BCUT2D eigenvalue weighted by Crippen LogP contribution is -2.11. The summed E-state index contributed by atoms with van der Waals surface area (Å²) in [4.78, 5) is 4.65. The number of rotatable bonds is 1. The van der Waals surface area contributed by atoms with E-state index in [4.69, 9.17) is 4.42 Å². The van der Waals surface area contributed by atoms with E-state index in [1.807, 2.05) is 6.20 Å². The van der Waals surface area contributed by atoms with Gasteiger partial charge < -0.3 is 4.42 Å². The van der Waals surface area contributed by atoms with E-state index in [1.54, 1.807) is 0 Å². The van der Waals surface area contributed by atoms with E-state index in [0.29, 0.717) is 0 Å². The van der Waals surface area contributed by atoms with Gasteiger partial charge in [0.1, 0.15) is 11.3 Å². The second-order valence-corrected chi connectivity index (χ2v) is 8.02. The van der Waals surface area contributed by atoms with Crippen LogP contribution in [0.3, 0.4) is 0 Å². The minimum absolute atomic E-state index is 0.115. The summed E-state index contributed by atoms with van der Waals surface area (Å²) in [5, 5.41) is 1.32. The van der Waals surface area contributed by atoms with Crippen LogP contribution in [0.1, 0.15) is 56.1 Å². The molecule has 0 fully saturated rings. The number of aryl methyl sites for hydroxylation is 3. The third-order valence-corrected chi connectivity index (χ3v) is 5.21. The zero-order valence-electron chi connectivity index (χ0n) is 15.1. The Morgan fingerprint density at radius 2 is 1.83 bits per heavy atom. The van der Waals surface area contributed by atoms with Gasteiger partial charge in [0.05, 0.1) is 5.69 Å². The van der Waals surface area contributed by atoms with Crippen LogP contribution < -0.4 is 0 Å². The van der Waals surface area contributed by atoms with Gasteiger partial charge in [-0.3, -0.25) is 4.98 Å². The van der Waals surface area contributed by atoms with E-state index in [9.17, 15) is 0 Å². The molecule has 0 amide bonds. The average molecular weight is 319 g/mol. The maximum atomic E-state index is 6.34. The van der Waals surface area contributed by atoms with Crippen molar-refractivity contribution >= 4 is 11.0 Å². The summed E-state index contributed by atoms with van der Waals surface area (Å²) in [7, 11) is 0. The number of benzene rings is 1. The fourth-order valence-corrected chi connectivity index (χ4v) is 3.79. The minimum Gasteiger partial charge on any atom is -0.460 e. The van der Waals surface area contributed by atoms with Crippen LogP contribution in [0.2, 0.25) is 0 Å². The summed E-state index contributed by atoms with van der Waals surface area (Å²) in [6.07, 6.45) is 6.63. The van der Waals surface area contributed by atoms with Gasteiger partial charge in [-0.05, 0) is 60.9 Å². The van der Waals surface area contributed by atoms with E-state index in [-0.39, 0.29) is 5.41 Å². The van der Waals surface area contributed by atoms with Crippen molar-refractivity contribution in [3.63, 3.8) is 0 Å². The van der Waals surface area contributed by atoms with Crippen molar-refractivity contribution in [3.05, 3.63) is 52.9 Å². The molecule has 0 N–H and O–H groups in total. The zero-order valence-corrected chi connectivity index (χ0v) is 15.1. The molecule has 0 atom stereocenters. The Bertz CT molecular complexity index is 912. The first kappa shape index (κ1) is 15.4. The Labute approximate surface area is 143 Å². The van der Waals surface area contributed by atoms with Crippen LogP contribution in [0.4, 0.5) is 0 Å². The van der Waals surface area contributed by atoms with Crippen LogP contribution in [0.25, 0.3) is 22.2 Å². The second-order valence-electron chi connectivity index (χ2n) is 8.02. The molecule has 2 heterocycles. The first-order valence-corrected chi connectivity index (χ1v) is 8.96. The number of hydrogen-bond donors (Lipinski definition) is 0. The molecule has 3 aromatic rings. The summed E-state index contributed by atoms with van der Waals surface area (Å²) in [5.74, 6) is 1.19. The zero-order chi connectivity index (χ0) is 16.9. The Balaban J connectivity index is 1.95. The molecule has 2 nitrogen and oxygen atoms in total. The Morgan fingerprint density at radius 3 is 2.62 bits per heavy atom. The first-order chi connectivity index (χ1) is 11.4. The van der Waals surface area contributed by atoms with Crippen molar-refractivity contribution in [2.24, 2.45) is 0 Å².